The molecule has 1 aliphatic rings. The molecule has 1 heterocycles. The molecule has 3 aromatic rings. The van der Waals surface area contributed by atoms with Gasteiger partial charge in [-0.3, -0.25) is 0 Å². The lowest BCUT2D eigenvalue weighted by Crippen LogP contribution is -2.46. The average Bonchev–Trinajstić information content (AvgIpc) is 3.16. The minimum absolute atomic E-state index is 0.164. The van der Waals surface area contributed by atoms with Crippen molar-refractivity contribution in [3.05, 3.63) is 113 Å². The predicted octanol–water partition coefficient (Wildman–Crippen LogP) is 5.56. The molecule has 0 aromatic heterocycles. The second kappa shape index (κ2) is 8.12. The van der Waals surface area contributed by atoms with Gasteiger partial charge in [0.25, 0.3) is 0 Å². The van der Waals surface area contributed by atoms with Crippen molar-refractivity contribution < 1.29 is 13.2 Å². The quantitative estimate of drug-likeness (QED) is 0.446. The fourth-order valence-corrected chi connectivity index (χ4v) is 6.00. The first-order valence-electron chi connectivity index (χ1n) is 9.56. The molecule has 4 nitrogen and oxygen atoms in total. The highest BCUT2D eigenvalue weighted by Gasteiger charge is 2.54. The molecule has 0 N–H and O–H groups in total. The van der Waals surface area contributed by atoms with Crippen LogP contribution in [0.5, 0.6) is 0 Å². The van der Waals surface area contributed by atoms with Crippen molar-refractivity contribution in [1.82, 2.24) is 4.31 Å². The third-order valence-corrected chi connectivity index (χ3v) is 7.79. The standard InChI is InChI=1S/C24H22BrNO3S/c1-3-24(20-10-7-11-21(25)16-20)17-29-23(19-8-5-4-6-9-19)26(24)30(27,28)22-14-12-18(2)13-15-22/h3-16,23H,1,17H2,2H3/t23-,24+/m1/s1. The summed E-state index contributed by atoms with van der Waals surface area (Å²) in [6.07, 6.45) is 0.901. The Morgan fingerprint density at radius 1 is 1.07 bits per heavy atom. The van der Waals surface area contributed by atoms with Gasteiger partial charge < -0.3 is 4.74 Å². The Kier molecular flexibility index (Phi) is 5.68. The van der Waals surface area contributed by atoms with E-state index in [0.29, 0.717) is 0 Å². The van der Waals surface area contributed by atoms with Crippen molar-refractivity contribution in [2.24, 2.45) is 0 Å². The molecule has 0 unspecified atom stereocenters. The van der Waals surface area contributed by atoms with Gasteiger partial charge in [0, 0.05) is 4.47 Å². The highest BCUT2D eigenvalue weighted by molar-refractivity contribution is 9.10. The first kappa shape index (κ1) is 21.0. The molecule has 6 heteroatoms. The Morgan fingerprint density at radius 2 is 1.77 bits per heavy atom. The molecule has 3 aromatic carbocycles. The third kappa shape index (κ3) is 3.54. The zero-order chi connectivity index (χ0) is 21.4. The van der Waals surface area contributed by atoms with Gasteiger partial charge in [-0.1, -0.05) is 82.2 Å². The SMILES string of the molecule is C=C[C@@]1(c2cccc(Br)c2)CO[C@H](c2ccccc2)N1S(=O)(=O)c1ccc(C)cc1. The minimum atomic E-state index is -3.91. The Bertz CT molecular complexity index is 1160. The third-order valence-electron chi connectivity index (χ3n) is 5.39. The van der Waals surface area contributed by atoms with Crippen molar-refractivity contribution >= 4 is 26.0 Å². The molecule has 0 aliphatic carbocycles. The molecule has 0 radical (unpaired) electrons. The Labute approximate surface area is 186 Å². The van der Waals surface area contributed by atoms with Gasteiger partial charge in [-0.2, -0.15) is 0 Å². The number of benzene rings is 3. The van der Waals surface area contributed by atoms with Gasteiger partial charge in [0.05, 0.1) is 11.5 Å². The van der Waals surface area contributed by atoms with Crippen LogP contribution in [-0.4, -0.2) is 19.3 Å². The zero-order valence-corrected chi connectivity index (χ0v) is 18.9. The molecule has 1 saturated heterocycles. The maximum atomic E-state index is 13.9. The van der Waals surface area contributed by atoms with Crippen LogP contribution in [0.15, 0.2) is 101 Å². The van der Waals surface area contributed by atoms with Gasteiger partial charge in [-0.05, 0) is 42.3 Å². The van der Waals surface area contributed by atoms with E-state index in [2.05, 4.69) is 22.5 Å². The van der Waals surface area contributed by atoms with Crippen molar-refractivity contribution in [2.75, 3.05) is 6.61 Å². The van der Waals surface area contributed by atoms with Gasteiger partial charge in [0.15, 0.2) is 6.23 Å². The molecular weight excluding hydrogens is 462 g/mol. The van der Waals surface area contributed by atoms with Gasteiger partial charge in [-0.25, -0.2) is 8.42 Å². The zero-order valence-electron chi connectivity index (χ0n) is 16.5. The number of sulfonamides is 1. The molecule has 0 bridgehead atoms. The average molecular weight is 484 g/mol. The van der Waals surface area contributed by atoms with Crippen LogP contribution >= 0.6 is 15.9 Å². The fourth-order valence-electron chi connectivity index (χ4n) is 3.80. The van der Waals surface area contributed by atoms with Crippen molar-refractivity contribution in [1.29, 1.82) is 0 Å². The van der Waals surface area contributed by atoms with E-state index < -0.39 is 21.8 Å². The summed E-state index contributed by atoms with van der Waals surface area (Å²) in [5.74, 6) is 0. The van der Waals surface area contributed by atoms with Crippen LogP contribution in [0, 0.1) is 6.92 Å². The van der Waals surface area contributed by atoms with E-state index in [4.69, 9.17) is 4.74 Å². The van der Waals surface area contributed by atoms with E-state index in [9.17, 15) is 8.42 Å². The second-order valence-electron chi connectivity index (χ2n) is 7.33. The van der Waals surface area contributed by atoms with Gasteiger partial charge in [0.1, 0.15) is 5.54 Å². The number of ether oxygens (including phenoxy) is 1. The highest BCUT2D eigenvalue weighted by Crippen LogP contribution is 2.48. The lowest BCUT2D eigenvalue weighted by atomic mass is 9.91. The van der Waals surface area contributed by atoms with Crippen molar-refractivity contribution in [3.8, 4) is 0 Å². The molecule has 1 fully saturated rings. The number of halogens is 1. The number of hydrogen-bond donors (Lipinski definition) is 0. The summed E-state index contributed by atoms with van der Waals surface area (Å²) in [6.45, 7) is 6.11. The van der Waals surface area contributed by atoms with E-state index in [1.54, 1.807) is 30.3 Å². The second-order valence-corrected chi connectivity index (χ2v) is 10.1. The van der Waals surface area contributed by atoms with Crippen molar-refractivity contribution in [2.45, 2.75) is 23.6 Å². The summed E-state index contributed by atoms with van der Waals surface area (Å²) < 4.78 is 36.4. The predicted molar refractivity (Wildman–Crippen MR) is 121 cm³/mol. The van der Waals surface area contributed by atoms with E-state index in [1.807, 2.05) is 61.5 Å². The van der Waals surface area contributed by atoms with E-state index in [0.717, 1.165) is 21.2 Å². The largest absolute Gasteiger partial charge is 0.355 e. The van der Waals surface area contributed by atoms with Crippen LogP contribution in [0.4, 0.5) is 0 Å². The monoisotopic (exact) mass is 483 g/mol. The molecular formula is C24H22BrNO3S. The molecule has 0 saturated carbocycles. The first-order chi connectivity index (χ1) is 14.4. The number of aryl methyl sites for hydroxylation is 1. The smallest absolute Gasteiger partial charge is 0.246 e. The highest BCUT2D eigenvalue weighted by atomic mass is 79.9. The minimum Gasteiger partial charge on any atom is -0.355 e. The lowest BCUT2D eigenvalue weighted by Gasteiger charge is -2.36. The van der Waals surface area contributed by atoms with E-state index >= 15 is 0 Å². The van der Waals surface area contributed by atoms with Crippen LogP contribution < -0.4 is 0 Å². The molecule has 1 aliphatic heterocycles. The fraction of sp³-hybridized carbons (Fsp3) is 0.167. The van der Waals surface area contributed by atoms with Crippen LogP contribution in [0.3, 0.4) is 0 Å². The Morgan fingerprint density at radius 3 is 2.40 bits per heavy atom. The summed E-state index contributed by atoms with van der Waals surface area (Å²) in [7, 11) is -3.91. The maximum Gasteiger partial charge on any atom is 0.246 e. The van der Waals surface area contributed by atoms with Crippen LogP contribution in [-0.2, 0) is 20.3 Å². The number of rotatable bonds is 5. The van der Waals surface area contributed by atoms with E-state index in [-0.39, 0.29) is 11.5 Å². The topological polar surface area (TPSA) is 46.6 Å². The van der Waals surface area contributed by atoms with E-state index in [1.165, 1.54) is 4.31 Å². The van der Waals surface area contributed by atoms with Gasteiger partial charge in [0.2, 0.25) is 10.0 Å². The summed E-state index contributed by atoms with van der Waals surface area (Å²) in [6, 6.07) is 23.9. The Balaban J connectivity index is 1.94. The Hall–Kier alpha value is -2.25. The van der Waals surface area contributed by atoms with Crippen molar-refractivity contribution in [3.63, 3.8) is 0 Å². The van der Waals surface area contributed by atoms with Gasteiger partial charge >= 0.3 is 0 Å². The summed E-state index contributed by atoms with van der Waals surface area (Å²) in [4.78, 5) is 0.223. The molecule has 0 amide bonds. The molecule has 30 heavy (non-hydrogen) atoms. The van der Waals surface area contributed by atoms with Crippen LogP contribution in [0.1, 0.15) is 22.9 Å². The molecule has 4 rings (SSSR count). The van der Waals surface area contributed by atoms with Gasteiger partial charge in [-0.15, -0.1) is 10.9 Å². The lowest BCUT2D eigenvalue weighted by molar-refractivity contribution is 0.0678. The molecule has 0 spiro atoms. The molecule has 154 valence electrons. The summed E-state index contributed by atoms with van der Waals surface area (Å²) in [5, 5.41) is 0. The number of hydrogen-bond acceptors (Lipinski definition) is 3. The maximum absolute atomic E-state index is 13.9. The van der Waals surface area contributed by atoms with Crippen LogP contribution in [0.2, 0.25) is 0 Å². The molecule has 2 atom stereocenters. The summed E-state index contributed by atoms with van der Waals surface area (Å²) >= 11 is 3.50. The summed E-state index contributed by atoms with van der Waals surface area (Å²) in [5.41, 5.74) is 1.51. The normalized spacial score (nSPS) is 22.1. The van der Waals surface area contributed by atoms with Crippen LogP contribution in [0.25, 0.3) is 0 Å². The number of nitrogens with zero attached hydrogens (tertiary/aromatic N) is 1. The first-order valence-corrected chi connectivity index (χ1v) is 11.8.